The fourth-order valence-corrected chi connectivity index (χ4v) is 3.67. The Morgan fingerprint density at radius 3 is 2.52 bits per heavy atom. The predicted molar refractivity (Wildman–Crippen MR) is 104 cm³/mol. The number of nitrogens with zero attached hydrogens (tertiary/aromatic N) is 2. The van der Waals surface area contributed by atoms with Gasteiger partial charge in [0.2, 0.25) is 0 Å². The third kappa shape index (κ3) is 6.60. The Bertz CT molecular complexity index is 577. The smallest absolute Gasteiger partial charge is 0.0541 e. The van der Waals surface area contributed by atoms with Crippen LogP contribution in [0.25, 0.3) is 0 Å². The minimum Gasteiger partial charge on any atom is -0.311 e. The maximum atomic E-state index is 4.34. The lowest BCUT2D eigenvalue weighted by molar-refractivity contribution is 0.181. The molecule has 0 saturated carbocycles. The summed E-state index contributed by atoms with van der Waals surface area (Å²) >= 11 is 0. The summed E-state index contributed by atoms with van der Waals surface area (Å²) in [4.78, 5) is 6.99. The van der Waals surface area contributed by atoms with Crippen LogP contribution in [-0.2, 0) is 13.0 Å². The minimum absolute atomic E-state index is 0.874. The molecule has 0 amide bonds. The summed E-state index contributed by atoms with van der Waals surface area (Å²) < 4.78 is 0. The summed E-state index contributed by atoms with van der Waals surface area (Å²) in [6.07, 6.45) is 8.36. The van der Waals surface area contributed by atoms with Crippen LogP contribution < -0.4 is 5.32 Å². The molecule has 1 fully saturated rings. The van der Waals surface area contributed by atoms with Gasteiger partial charge in [-0.1, -0.05) is 36.4 Å². The highest BCUT2D eigenvalue weighted by molar-refractivity contribution is 5.15. The molecule has 3 heteroatoms. The van der Waals surface area contributed by atoms with Gasteiger partial charge in [0.15, 0.2) is 0 Å². The Morgan fingerprint density at radius 1 is 0.960 bits per heavy atom. The average Bonchev–Trinajstić information content (AvgIpc) is 2.67. The van der Waals surface area contributed by atoms with E-state index < -0.39 is 0 Å². The first-order valence-corrected chi connectivity index (χ1v) is 9.77. The number of unbranched alkanes of at least 4 members (excludes halogenated alkanes) is 1. The van der Waals surface area contributed by atoms with E-state index in [4.69, 9.17) is 0 Å². The molecular formula is C22H31N3. The zero-order chi connectivity index (χ0) is 17.2. The van der Waals surface area contributed by atoms with Crippen LogP contribution in [0.4, 0.5) is 0 Å². The molecule has 0 unspecified atom stereocenters. The van der Waals surface area contributed by atoms with Crippen LogP contribution in [0.2, 0.25) is 0 Å². The molecular weight excluding hydrogens is 306 g/mol. The Labute approximate surface area is 152 Å². The molecule has 134 valence electrons. The second kappa shape index (κ2) is 10.3. The fraction of sp³-hybridized carbons (Fsp3) is 0.500. The van der Waals surface area contributed by atoms with E-state index in [-0.39, 0.29) is 0 Å². The summed E-state index contributed by atoms with van der Waals surface area (Å²) in [7, 11) is 0. The molecule has 0 radical (unpaired) electrons. The van der Waals surface area contributed by atoms with Crippen molar-refractivity contribution in [3.05, 3.63) is 66.0 Å². The number of piperidine rings is 1. The van der Waals surface area contributed by atoms with Crippen LogP contribution in [0.3, 0.4) is 0 Å². The van der Waals surface area contributed by atoms with Crippen molar-refractivity contribution in [2.45, 2.75) is 38.6 Å². The number of pyridine rings is 1. The Morgan fingerprint density at radius 2 is 1.76 bits per heavy atom. The Kier molecular flexibility index (Phi) is 7.47. The molecule has 0 atom stereocenters. The highest BCUT2D eigenvalue weighted by atomic mass is 15.1. The van der Waals surface area contributed by atoms with Gasteiger partial charge in [0.1, 0.15) is 0 Å². The van der Waals surface area contributed by atoms with E-state index in [1.165, 1.54) is 57.3 Å². The highest BCUT2D eigenvalue weighted by Crippen LogP contribution is 2.21. The molecule has 1 aromatic heterocycles. The van der Waals surface area contributed by atoms with Gasteiger partial charge in [0.25, 0.3) is 0 Å². The number of hydrogen-bond donors (Lipinski definition) is 1. The summed E-state index contributed by atoms with van der Waals surface area (Å²) in [5, 5.41) is 3.49. The van der Waals surface area contributed by atoms with Crippen molar-refractivity contribution in [2.75, 3.05) is 26.2 Å². The van der Waals surface area contributed by atoms with E-state index in [9.17, 15) is 0 Å². The zero-order valence-electron chi connectivity index (χ0n) is 15.2. The predicted octanol–water partition coefficient (Wildman–Crippen LogP) is 3.91. The third-order valence-corrected chi connectivity index (χ3v) is 5.18. The maximum absolute atomic E-state index is 4.34. The van der Waals surface area contributed by atoms with Crippen molar-refractivity contribution in [3.63, 3.8) is 0 Å². The van der Waals surface area contributed by atoms with Crippen molar-refractivity contribution >= 4 is 0 Å². The van der Waals surface area contributed by atoms with Crippen LogP contribution in [0.1, 0.15) is 36.9 Å². The Balaban J connectivity index is 1.22. The molecule has 3 nitrogen and oxygen atoms in total. The molecule has 25 heavy (non-hydrogen) atoms. The van der Waals surface area contributed by atoms with Gasteiger partial charge in [-0.25, -0.2) is 0 Å². The number of aromatic nitrogens is 1. The van der Waals surface area contributed by atoms with Crippen molar-refractivity contribution in [2.24, 2.45) is 5.92 Å². The molecule has 1 saturated heterocycles. The van der Waals surface area contributed by atoms with Crippen LogP contribution in [-0.4, -0.2) is 36.1 Å². The molecule has 1 N–H and O–H groups in total. The standard InChI is InChI=1S/C22H31N3/c1-2-8-20(9-3-1)18-21-11-16-25(17-12-21)15-7-6-13-23-19-22-10-4-5-14-24-22/h1-5,8-10,14,21,23H,6-7,11-13,15-19H2. The molecule has 1 aliphatic rings. The van der Waals surface area contributed by atoms with E-state index in [2.05, 4.69) is 51.6 Å². The van der Waals surface area contributed by atoms with E-state index >= 15 is 0 Å². The fourth-order valence-electron chi connectivity index (χ4n) is 3.67. The first-order chi connectivity index (χ1) is 12.4. The summed E-state index contributed by atoms with van der Waals surface area (Å²) in [5.74, 6) is 0.874. The largest absolute Gasteiger partial charge is 0.311 e. The van der Waals surface area contributed by atoms with Gasteiger partial charge in [-0.2, -0.15) is 0 Å². The van der Waals surface area contributed by atoms with Crippen LogP contribution in [0, 0.1) is 5.92 Å². The van der Waals surface area contributed by atoms with E-state index in [0.717, 1.165) is 24.7 Å². The average molecular weight is 338 g/mol. The maximum Gasteiger partial charge on any atom is 0.0541 e. The molecule has 0 bridgehead atoms. The number of rotatable bonds is 9. The number of nitrogens with one attached hydrogen (secondary N) is 1. The number of hydrogen-bond acceptors (Lipinski definition) is 3. The van der Waals surface area contributed by atoms with Crippen molar-refractivity contribution in [1.29, 1.82) is 0 Å². The van der Waals surface area contributed by atoms with Gasteiger partial charge >= 0.3 is 0 Å². The third-order valence-electron chi connectivity index (χ3n) is 5.18. The molecule has 2 heterocycles. The summed E-state index contributed by atoms with van der Waals surface area (Å²) in [5.41, 5.74) is 2.63. The van der Waals surface area contributed by atoms with Crippen molar-refractivity contribution in [3.8, 4) is 0 Å². The Hall–Kier alpha value is -1.71. The van der Waals surface area contributed by atoms with E-state index in [0.29, 0.717) is 0 Å². The molecule has 0 aliphatic carbocycles. The van der Waals surface area contributed by atoms with Crippen LogP contribution in [0.15, 0.2) is 54.7 Å². The minimum atomic E-state index is 0.874. The SMILES string of the molecule is c1ccc(CC2CCN(CCCCNCc3ccccn3)CC2)cc1. The number of likely N-dealkylation sites (tertiary alicyclic amines) is 1. The lowest BCUT2D eigenvalue weighted by Crippen LogP contribution is -2.35. The van der Waals surface area contributed by atoms with Crippen LogP contribution >= 0.6 is 0 Å². The van der Waals surface area contributed by atoms with Gasteiger partial charge in [0.05, 0.1) is 5.69 Å². The molecule has 1 aromatic carbocycles. The lowest BCUT2D eigenvalue weighted by Gasteiger charge is -2.32. The van der Waals surface area contributed by atoms with Crippen molar-refractivity contribution in [1.82, 2.24) is 15.2 Å². The quantitative estimate of drug-likeness (QED) is 0.703. The van der Waals surface area contributed by atoms with Gasteiger partial charge < -0.3 is 10.2 Å². The van der Waals surface area contributed by atoms with Crippen LogP contribution in [0.5, 0.6) is 0 Å². The van der Waals surface area contributed by atoms with Crippen molar-refractivity contribution < 1.29 is 0 Å². The van der Waals surface area contributed by atoms with Gasteiger partial charge in [0, 0.05) is 12.7 Å². The zero-order valence-corrected chi connectivity index (χ0v) is 15.2. The summed E-state index contributed by atoms with van der Waals surface area (Å²) in [6, 6.07) is 17.1. The monoisotopic (exact) mass is 337 g/mol. The first-order valence-electron chi connectivity index (χ1n) is 9.77. The second-order valence-electron chi connectivity index (χ2n) is 7.18. The summed E-state index contributed by atoms with van der Waals surface area (Å²) in [6.45, 7) is 5.77. The normalized spacial score (nSPS) is 16.2. The highest BCUT2D eigenvalue weighted by Gasteiger charge is 2.18. The number of benzene rings is 1. The lowest BCUT2D eigenvalue weighted by atomic mass is 9.90. The molecule has 1 aliphatic heterocycles. The van der Waals surface area contributed by atoms with Gasteiger partial charge in [-0.15, -0.1) is 0 Å². The molecule has 2 aromatic rings. The van der Waals surface area contributed by atoms with Gasteiger partial charge in [-0.3, -0.25) is 4.98 Å². The molecule has 0 spiro atoms. The second-order valence-corrected chi connectivity index (χ2v) is 7.18. The van der Waals surface area contributed by atoms with E-state index in [1.807, 2.05) is 18.3 Å². The van der Waals surface area contributed by atoms with E-state index in [1.54, 1.807) is 0 Å². The topological polar surface area (TPSA) is 28.2 Å². The molecule has 3 rings (SSSR count). The first kappa shape index (κ1) is 18.1. The van der Waals surface area contributed by atoms with Gasteiger partial charge in [-0.05, 0) is 81.9 Å².